The Bertz CT molecular complexity index is 1020. The highest BCUT2D eigenvalue weighted by Gasteiger charge is 2.33. The summed E-state index contributed by atoms with van der Waals surface area (Å²) >= 11 is 0. The average molecular weight is 367 g/mol. The quantitative estimate of drug-likeness (QED) is 0.704. The van der Waals surface area contributed by atoms with Crippen molar-refractivity contribution in [2.45, 2.75) is 33.4 Å². The van der Waals surface area contributed by atoms with Gasteiger partial charge in [-0.2, -0.15) is 10.1 Å². The first kappa shape index (κ1) is 17.3. The van der Waals surface area contributed by atoms with Crippen LogP contribution in [0.1, 0.15) is 39.9 Å². The molecule has 8 nitrogen and oxygen atoms in total. The van der Waals surface area contributed by atoms with E-state index in [2.05, 4.69) is 15.2 Å². The molecule has 3 aromatic rings. The highest BCUT2D eigenvalue weighted by molar-refractivity contribution is 5.96. The van der Waals surface area contributed by atoms with Crippen molar-refractivity contribution in [2.24, 2.45) is 7.05 Å². The lowest BCUT2D eigenvalue weighted by atomic mass is 10.1. The molecule has 27 heavy (non-hydrogen) atoms. The minimum absolute atomic E-state index is 0.0166. The molecule has 0 atom stereocenters. The summed E-state index contributed by atoms with van der Waals surface area (Å²) in [6.45, 7) is 4.84. The monoisotopic (exact) mass is 367 g/mol. The van der Waals surface area contributed by atoms with Crippen LogP contribution < -0.4 is 4.74 Å². The molecule has 3 heterocycles. The van der Waals surface area contributed by atoms with Crippen molar-refractivity contribution >= 4 is 5.91 Å². The molecule has 0 radical (unpaired) electrons. The molecule has 8 heteroatoms. The van der Waals surface area contributed by atoms with E-state index >= 15 is 0 Å². The molecule has 0 aliphatic carbocycles. The van der Waals surface area contributed by atoms with E-state index in [0.29, 0.717) is 42.5 Å². The lowest BCUT2D eigenvalue weighted by Gasteiger charge is -2.18. The minimum atomic E-state index is -0.0166. The Morgan fingerprint density at radius 1 is 1.33 bits per heavy atom. The molecule has 1 aliphatic rings. The number of amides is 1. The van der Waals surface area contributed by atoms with Crippen LogP contribution in [0.3, 0.4) is 0 Å². The van der Waals surface area contributed by atoms with Crippen molar-refractivity contribution in [2.75, 3.05) is 7.11 Å². The highest BCUT2D eigenvalue weighted by Crippen LogP contribution is 2.32. The maximum atomic E-state index is 13.0. The summed E-state index contributed by atoms with van der Waals surface area (Å²) in [6, 6.07) is 5.49. The van der Waals surface area contributed by atoms with Gasteiger partial charge in [0.15, 0.2) is 11.5 Å². The summed E-state index contributed by atoms with van der Waals surface area (Å²) in [4.78, 5) is 19.2. The number of rotatable bonds is 4. The van der Waals surface area contributed by atoms with Gasteiger partial charge in [-0.3, -0.25) is 9.48 Å². The summed E-state index contributed by atoms with van der Waals surface area (Å²) < 4.78 is 12.4. The molecule has 0 fully saturated rings. The maximum Gasteiger partial charge on any atom is 0.278 e. The number of aryl methyl sites for hydroxylation is 3. The average Bonchev–Trinajstić information content (AvgIpc) is 3.37. The third-order valence-corrected chi connectivity index (χ3v) is 4.90. The molecule has 0 spiro atoms. The van der Waals surface area contributed by atoms with Gasteiger partial charge in [-0.1, -0.05) is 12.1 Å². The van der Waals surface area contributed by atoms with Crippen LogP contribution in [0.5, 0.6) is 5.75 Å². The molecule has 2 aromatic heterocycles. The van der Waals surface area contributed by atoms with Crippen molar-refractivity contribution in [1.29, 1.82) is 0 Å². The number of carbonyl (C=O) groups excluding carboxylic acids is 1. The van der Waals surface area contributed by atoms with Crippen molar-refractivity contribution in [3.8, 4) is 17.3 Å². The Morgan fingerprint density at radius 3 is 2.81 bits per heavy atom. The van der Waals surface area contributed by atoms with Crippen molar-refractivity contribution in [3.63, 3.8) is 0 Å². The van der Waals surface area contributed by atoms with Gasteiger partial charge in [0.1, 0.15) is 5.75 Å². The summed E-state index contributed by atoms with van der Waals surface area (Å²) in [5.74, 6) is 1.77. The molecule has 140 valence electrons. The van der Waals surface area contributed by atoms with Crippen LogP contribution in [0, 0.1) is 6.92 Å². The largest absolute Gasteiger partial charge is 0.497 e. The topological polar surface area (TPSA) is 86.3 Å². The number of hydrogen-bond acceptors (Lipinski definition) is 6. The molecular weight excluding hydrogens is 346 g/mol. The predicted octanol–water partition coefficient (Wildman–Crippen LogP) is 2.51. The SMILES string of the molecule is CCc1noc(-c2nn(C)c3c2CN(C(=O)c2ccc(OC)cc2C)C3)n1. The van der Waals surface area contributed by atoms with Gasteiger partial charge in [-0.25, -0.2) is 0 Å². The van der Waals surface area contributed by atoms with Gasteiger partial charge in [0, 0.05) is 24.6 Å². The third kappa shape index (κ3) is 2.87. The molecule has 4 rings (SSSR count). The minimum Gasteiger partial charge on any atom is -0.497 e. The molecule has 1 aliphatic heterocycles. The van der Waals surface area contributed by atoms with E-state index < -0.39 is 0 Å². The smallest absolute Gasteiger partial charge is 0.278 e. The van der Waals surface area contributed by atoms with E-state index in [1.807, 2.05) is 37.9 Å². The Kier molecular flexibility index (Phi) is 4.18. The van der Waals surface area contributed by atoms with Gasteiger partial charge in [-0.15, -0.1) is 0 Å². The van der Waals surface area contributed by atoms with Crippen molar-refractivity contribution in [1.82, 2.24) is 24.8 Å². The fourth-order valence-corrected chi connectivity index (χ4v) is 3.38. The van der Waals surface area contributed by atoms with Crippen molar-refractivity contribution < 1.29 is 14.1 Å². The van der Waals surface area contributed by atoms with Crippen LogP contribution >= 0.6 is 0 Å². The lowest BCUT2D eigenvalue weighted by molar-refractivity contribution is 0.0747. The van der Waals surface area contributed by atoms with E-state index in [1.54, 1.807) is 17.9 Å². The Hall–Kier alpha value is -3.16. The van der Waals surface area contributed by atoms with Crippen LogP contribution in [-0.2, 0) is 26.6 Å². The van der Waals surface area contributed by atoms with Gasteiger partial charge < -0.3 is 14.2 Å². The molecular formula is C19H21N5O3. The highest BCUT2D eigenvalue weighted by atomic mass is 16.5. The fourth-order valence-electron chi connectivity index (χ4n) is 3.38. The van der Waals surface area contributed by atoms with E-state index in [9.17, 15) is 4.79 Å². The molecule has 0 bridgehead atoms. The second-order valence-electron chi connectivity index (χ2n) is 6.61. The zero-order chi connectivity index (χ0) is 19.1. The van der Waals surface area contributed by atoms with Gasteiger partial charge in [0.2, 0.25) is 0 Å². The maximum absolute atomic E-state index is 13.0. The zero-order valence-electron chi connectivity index (χ0n) is 15.8. The summed E-state index contributed by atoms with van der Waals surface area (Å²) in [7, 11) is 3.48. The van der Waals surface area contributed by atoms with Gasteiger partial charge in [0.05, 0.1) is 25.9 Å². The van der Waals surface area contributed by atoms with Gasteiger partial charge >= 0.3 is 0 Å². The van der Waals surface area contributed by atoms with Gasteiger partial charge in [0.25, 0.3) is 11.8 Å². The lowest BCUT2D eigenvalue weighted by Crippen LogP contribution is -2.27. The number of methoxy groups -OCH3 is 1. The van der Waals surface area contributed by atoms with Crippen molar-refractivity contribution in [3.05, 3.63) is 46.4 Å². The normalized spacial score (nSPS) is 13.1. The fraction of sp³-hybridized carbons (Fsp3) is 0.368. The van der Waals surface area contributed by atoms with Crippen LogP contribution in [0.4, 0.5) is 0 Å². The number of nitrogens with zero attached hydrogens (tertiary/aromatic N) is 5. The van der Waals surface area contributed by atoms with E-state index in [4.69, 9.17) is 9.26 Å². The van der Waals surface area contributed by atoms with Gasteiger partial charge in [-0.05, 0) is 30.7 Å². The second kappa shape index (κ2) is 6.53. The Morgan fingerprint density at radius 2 is 2.15 bits per heavy atom. The molecule has 0 saturated heterocycles. The number of benzene rings is 1. The summed E-state index contributed by atoms with van der Waals surface area (Å²) in [6.07, 6.45) is 0.694. The number of hydrogen-bond donors (Lipinski definition) is 0. The first-order valence-electron chi connectivity index (χ1n) is 8.83. The summed E-state index contributed by atoms with van der Waals surface area (Å²) in [5.41, 5.74) is 4.16. The van der Waals surface area contributed by atoms with Crippen LogP contribution in [-0.4, -0.2) is 37.8 Å². The number of ether oxygens (including phenoxy) is 1. The number of aromatic nitrogens is 4. The number of fused-ring (bicyclic) bond motifs is 1. The standard InChI is InChI=1S/C19H21N5O3/c1-5-16-20-18(27-22-16)17-14-9-24(10-15(14)23(3)21-17)19(25)13-7-6-12(26-4)8-11(13)2/h6-8H,5,9-10H2,1-4H3. The van der Waals surface area contributed by atoms with E-state index in [1.165, 1.54) is 0 Å². The van der Waals surface area contributed by atoms with Crippen LogP contribution in [0.25, 0.3) is 11.6 Å². The van der Waals surface area contributed by atoms with Crippen LogP contribution in [0.2, 0.25) is 0 Å². The number of carbonyl (C=O) groups is 1. The second-order valence-corrected chi connectivity index (χ2v) is 6.61. The molecule has 1 aromatic carbocycles. The van der Waals surface area contributed by atoms with E-state index in [0.717, 1.165) is 22.6 Å². The summed E-state index contributed by atoms with van der Waals surface area (Å²) in [5, 5.41) is 8.47. The predicted molar refractivity (Wildman–Crippen MR) is 97.2 cm³/mol. The van der Waals surface area contributed by atoms with E-state index in [-0.39, 0.29) is 5.91 Å². The third-order valence-electron chi connectivity index (χ3n) is 4.90. The first-order valence-corrected chi connectivity index (χ1v) is 8.83. The Labute approximate surface area is 156 Å². The molecule has 0 unspecified atom stereocenters. The Balaban J connectivity index is 1.63. The molecule has 0 N–H and O–H groups in total. The molecule has 1 amide bonds. The zero-order valence-corrected chi connectivity index (χ0v) is 15.8. The molecule has 0 saturated carbocycles. The van der Waals surface area contributed by atoms with Crippen LogP contribution in [0.15, 0.2) is 22.7 Å². The first-order chi connectivity index (χ1) is 13.0.